The summed E-state index contributed by atoms with van der Waals surface area (Å²) in [5.41, 5.74) is -5.69. The maximum Gasteiger partial charge on any atom is 0.432 e. The zero-order valence-electron chi connectivity index (χ0n) is 22.3. The van der Waals surface area contributed by atoms with Gasteiger partial charge in [0, 0.05) is 26.2 Å². The van der Waals surface area contributed by atoms with Crippen molar-refractivity contribution in [1.29, 1.82) is 0 Å². The molecule has 0 spiro atoms. The Morgan fingerprint density at radius 3 is 2.05 bits per heavy atom. The normalized spacial score (nSPS) is 15.4. The molecule has 0 bridgehead atoms. The lowest BCUT2D eigenvalue weighted by molar-refractivity contribution is -0.394. The second-order valence-electron chi connectivity index (χ2n) is 10.4. The zero-order valence-corrected chi connectivity index (χ0v) is 22.3. The number of benzene rings is 1. The molecule has 0 atom stereocenters. The summed E-state index contributed by atoms with van der Waals surface area (Å²) >= 11 is 0. The van der Waals surface area contributed by atoms with Crippen LogP contribution in [0.25, 0.3) is 0 Å². The lowest BCUT2D eigenvalue weighted by Crippen LogP contribution is -2.56. The third kappa shape index (κ3) is 6.95. The van der Waals surface area contributed by atoms with Crippen LogP contribution in [0.1, 0.15) is 50.9 Å². The van der Waals surface area contributed by atoms with Crippen molar-refractivity contribution < 1.29 is 40.6 Å². The van der Waals surface area contributed by atoms with Crippen molar-refractivity contribution >= 4 is 11.8 Å². The molecule has 3 rings (SSSR count). The fourth-order valence-corrected chi connectivity index (χ4v) is 4.35. The molecule has 1 aliphatic heterocycles. The van der Waals surface area contributed by atoms with E-state index in [9.17, 15) is 31.1 Å². The molecular weight excluding hydrogens is 528 g/mol. The third-order valence-electron chi connectivity index (χ3n) is 6.21. The number of aromatic nitrogens is 1. The molecule has 0 saturated carbocycles. The van der Waals surface area contributed by atoms with Crippen LogP contribution < -0.4 is 4.90 Å². The third-order valence-corrected chi connectivity index (χ3v) is 6.21. The van der Waals surface area contributed by atoms with E-state index < -0.39 is 41.9 Å². The zero-order chi connectivity index (χ0) is 29.1. The highest BCUT2D eigenvalue weighted by Gasteiger charge is 2.74. The van der Waals surface area contributed by atoms with Gasteiger partial charge in [0.1, 0.15) is 5.60 Å². The number of nitrogens with zero attached hydrogens (tertiary/aromatic N) is 3. The molecule has 1 fully saturated rings. The van der Waals surface area contributed by atoms with Crippen LogP contribution in [0.15, 0.2) is 42.6 Å². The first-order chi connectivity index (χ1) is 18.1. The highest BCUT2D eigenvalue weighted by atomic mass is 19.4. The lowest BCUT2D eigenvalue weighted by Gasteiger charge is -2.39. The van der Waals surface area contributed by atoms with Crippen LogP contribution in [0.4, 0.5) is 36.8 Å². The topological polar surface area (TPSA) is 54.9 Å². The average molecular weight is 562 g/mol. The standard InChI is InChI=1S/C27H33F6N3O3/c1-5-9-20-16-22(25(26(28,29)30,27(31,32)33)38-18-19-10-7-6-8-11-19)34-17-21(20)35-12-14-36(15-13-35)23(37)39-24(2,3)4/h6-8,10-11,16-17H,5,9,12-15,18H2,1-4H3. The Hall–Kier alpha value is -3.02. The fourth-order valence-electron chi connectivity index (χ4n) is 4.35. The minimum absolute atomic E-state index is 0.156. The molecule has 12 heteroatoms. The van der Waals surface area contributed by atoms with Gasteiger partial charge in [-0.3, -0.25) is 4.98 Å². The van der Waals surface area contributed by atoms with Gasteiger partial charge in [0.05, 0.1) is 24.2 Å². The van der Waals surface area contributed by atoms with Gasteiger partial charge >= 0.3 is 24.0 Å². The summed E-state index contributed by atoms with van der Waals surface area (Å²) < 4.78 is 96.1. The van der Waals surface area contributed by atoms with Gasteiger partial charge in [-0.05, 0) is 44.4 Å². The number of anilines is 1. The lowest BCUT2D eigenvalue weighted by atomic mass is 9.93. The van der Waals surface area contributed by atoms with E-state index in [-0.39, 0.29) is 30.6 Å². The largest absolute Gasteiger partial charge is 0.444 e. The van der Waals surface area contributed by atoms with Crippen molar-refractivity contribution in [3.63, 3.8) is 0 Å². The molecule has 1 amide bonds. The number of aryl methyl sites for hydroxylation is 1. The molecule has 2 heterocycles. The molecule has 1 saturated heterocycles. The number of hydrogen-bond acceptors (Lipinski definition) is 5. The Labute approximate surface area is 223 Å². The average Bonchev–Trinajstić information content (AvgIpc) is 2.83. The van der Waals surface area contributed by atoms with Gasteiger partial charge in [0.25, 0.3) is 0 Å². The molecule has 1 aromatic heterocycles. The van der Waals surface area contributed by atoms with Crippen molar-refractivity contribution in [2.24, 2.45) is 0 Å². The maximum absolute atomic E-state index is 14.3. The van der Waals surface area contributed by atoms with Crippen LogP contribution in [-0.4, -0.2) is 60.1 Å². The van der Waals surface area contributed by atoms with Crippen LogP contribution in [0.2, 0.25) is 0 Å². The second kappa shape index (κ2) is 11.6. The Balaban J connectivity index is 1.95. The number of carbonyl (C=O) groups excluding carboxylic acids is 1. The van der Waals surface area contributed by atoms with Crippen molar-refractivity contribution in [2.75, 3.05) is 31.1 Å². The molecule has 6 nitrogen and oxygen atoms in total. The summed E-state index contributed by atoms with van der Waals surface area (Å²) in [6.07, 6.45) is -10.4. The van der Waals surface area contributed by atoms with Crippen LogP contribution in [0.3, 0.4) is 0 Å². The summed E-state index contributed by atoms with van der Waals surface area (Å²) in [7, 11) is 0. The predicted molar refractivity (Wildman–Crippen MR) is 133 cm³/mol. The van der Waals surface area contributed by atoms with E-state index >= 15 is 0 Å². The SMILES string of the molecule is CCCc1cc(C(OCc2ccccc2)(C(F)(F)F)C(F)(F)F)ncc1N1CCN(C(=O)OC(C)(C)C)CC1. The van der Waals surface area contributed by atoms with E-state index in [4.69, 9.17) is 9.47 Å². The first kappa shape index (κ1) is 30.5. The number of pyridine rings is 1. The minimum Gasteiger partial charge on any atom is -0.444 e. The monoisotopic (exact) mass is 561 g/mol. The molecule has 0 aliphatic carbocycles. The summed E-state index contributed by atoms with van der Waals surface area (Å²) in [5.74, 6) is 0. The molecule has 0 unspecified atom stereocenters. The minimum atomic E-state index is -5.84. The van der Waals surface area contributed by atoms with Crippen molar-refractivity contribution in [1.82, 2.24) is 9.88 Å². The molecular formula is C27H33F6N3O3. The first-order valence-corrected chi connectivity index (χ1v) is 12.6. The number of hydrogen-bond donors (Lipinski definition) is 0. The van der Waals surface area contributed by atoms with E-state index in [1.807, 2.05) is 0 Å². The fraction of sp³-hybridized carbons (Fsp3) is 0.556. The smallest absolute Gasteiger partial charge is 0.432 e. The van der Waals surface area contributed by atoms with Crippen LogP contribution in [0, 0.1) is 0 Å². The van der Waals surface area contributed by atoms with Gasteiger partial charge in [-0.2, -0.15) is 26.3 Å². The number of amides is 1. The maximum atomic E-state index is 14.3. The summed E-state index contributed by atoms with van der Waals surface area (Å²) in [5, 5.41) is 0. The van der Waals surface area contributed by atoms with Crippen molar-refractivity contribution in [3.8, 4) is 0 Å². The van der Waals surface area contributed by atoms with Gasteiger partial charge in [-0.25, -0.2) is 4.79 Å². The number of ether oxygens (including phenoxy) is 2. The molecule has 1 aromatic carbocycles. The Morgan fingerprint density at radius 1 is 0.949 bits per heavy atom. The highest BCUT2D eigenvalue weighted by molar-refractivity contribution is 5.68. The van der Waals surface area contributed by atoms with E-state index in [1.165, 1.54) is 29.2 Å². The summed E-state index contributed by atoms with van der Waals surface area (Å²) in [6, 6.07) is 8.20. The number of halogens is 6. The summed E-state index contributed by atoms with van der Waals surface area (Å²) in [6.45, 7) is 7.27. The number of piperazine rings is 1. The van der Waals surface area contributed by atoms with Crippen molar-refractivity contribution in [3.05, 3.63) is 59.4 Å². The van der Waals surface area contributed by atoms with Gasteiger partial charge in [-0.15, -0.1) is 0 Å². The molecule has 216 valence electrons. The van der Waals surface area contributed by atoms with Gasteiger partial charge in [-0.1, -0.05) is 43.7 Å². The van der Waals surface area contributed by atoms with Gasteiger partial charge < -0.3 is 19.3 Å². The highest BCUT2D eigenvalue weighted by Crippen LogP contribution is 2.53. The van der Waals surface area contributed by atoms with Gasteiger partial charge in [0.15, 0.2) is 0 Å². The van der Waals surface area contributed by atoms with Crippen LogP contribution in [0.5, 0.6) is 0 Å². The molecule has 2 aromatic rings. The number of carbonyl (C=O) groups is 1. The van der Waals surface area contributed by atoms with E-state index in [0.29, 0.717) is 25.2 Å². The Kier molecular flexibility index (Phi) is 9.09. The predicted octanol–water partition coefficient (Wildman–Crippen LogP) is 6.63. The van der Waals surface area contributed by atoms with E-state index in [1.54, 1.807) is 38.7 Å². The van der Waals surface area contributed by atoms with Gasteiger partial charge in [0.2, 0.25) is 0 Å². The number of rotatable bonds is 7. The van der Waals surface area contributed by atoms with Crippen molar-refractivity contribution in [2.45, 2.75) is 70.7 Å². The Bertz CT molecular complexity index is 1090. The van der Waals surface area contributed by atoms with Crippen LogP contribution >= 0.6 is 0 Å². The first-order valence-electron chi connectivity index (χ1n) is 12.6. The second-order valence-corrected chi connectivity index (χ2v) is 10.4. The van der Waals surface area contributed by atoms with Crippen LogP contribution in [-0.2, 0) is 28.1 Å². The molecule has 39 heavy (non-hydrogen) atoms. The van der Waals surface area contributed by atoms with E-state index in [0.717, 1.165) is 12.3 Å². The Morgan fingerprint density at radius 2 is 1.54 bits per heavy atom. The molecule has 0 radical (unpaired) electrons. The quantitative estimate of drug-likeness (QED) is 0.356. The van der Waals surface area contributed by atoms with E-state index in [2.05, 4.69) is 4.98 Å². The molecule has 1 aliphatic rings. The summed E-state index contributed by atoms with van der Waals surface area (Å²) in [4.78, 5) is 19.4. The number of alkyl halides is 6. The molecule has 0 N–H and O–H groups in total.